The molecule has 0 saturated heterocycles. The van der Waals surface area contributed by atoms with Crippen LogP contribution in [0, 0.1) is 5.82 Å². The van der Waals surface area contributed by atoms with Crippen LogP contribution < -0.4 is 10.6 Å². The summed E-state index contributed by atoms with van der Waals surface area (Å²) in [6.45, 7) is 0.693. The van der Waals surface area contributed by atoms with Crippen LogP contribution in [-0.2, 0) is 17.6 Å². The molecular weight excluding hydrogens is 329 g/mol. The minimum atomic E-state index is -0.228. The summed E-state index contributed by atoms with van der Waals surface area (Å²) in [6.07, 6.45) is 2.74. The SMILES string of the molecule is O=C(Cc1ccccc1)Nc1ccc(NCCc2ccc(F)cc2)nc1. The van der Waals surface area contributed by atoms with Gasteiger partial charge in [0.15, 0.2) is 0 Å². The van der Waals surface area contributed by atoms with E-state index >= 15 is 0 Å². The summed E-state index contributed by atoms with van der Waals surface area (Å²) in [5.41, 5.74) is 2.69. The van der Waals surface area contributed by atoms with Gasteiger partial charge in [-0.2, -0.15) is 0 Å². The van der Waals surface area contributed by atoms with E-state index in [9.17, 15) is 9.18 Å². The van der Waals surface area contributed by atoms with Gasteiger partial charge in [-0.05, 0) is 41.8 Å². The second-order valence-electron chi connectivity index (χ2n) is 5.95. The summed E-state index contributed by atoms with van der Waals surface area (Å²) in [4.78, 5) is 16.3. The molecule has 0 spiro atoms. The average molecular weight is 349 g/mol. The maximum Gasteiger partial charge on any atom is 0.228 e. The zero-order valence-corrected chi connectivity index (χ0v) is 14.3. The molecule has 0 aliphatic heterocycles. The summed E-state index contributed by atoms with van der Waals surface area (Å²) in [6, 6.07) is 19.7. The molecule has 0 saturated carbocycles. The largest absolute Gasteiger partial charge is 0.370 e. The lowest BCUT2D eigenvalue weighted by Crippen LogP contribution is -2.14. The Morgan fingerprint density at radius 2 is 1.69 bits per heavy atom. The number of anilines is 2. The van der Waals surface area contributed by atoms with E-state index in [1.165, 1.54) is 12.1 Å². The fourth-order valence-corrected chi connectivity index (χ4v) is 2.54. The number of carbonyl (C=O) groups is 1. The summed E-state index contributed by atoms with van der Waals surface area (Å²) >= 11 is 0. The lowest BCUT2D eigenvalue weighted by molar-refractivity contribution is -0.115. The van der Waals surface area contributed by atoms with E-state index < -0.39 is 0 Å². The van der Waals surface area contributed by atoms with Gasteiger partial charge in [0.25, 0.3) is 0 Å². The predicted molar refractivity (Wildman–Crippen MR) is 102 cm³/mol. The first kappa shape index (κ1) is 17.6. The molecule has 1 amide bonds. The number of nitrogens with one attached hydrogen (secondary N) is 2. The maximum atomic E-state index is 12.9. The van der Waals surface area contributed by atoms with E-state index in [1.54, 1.807) is 18.3 Å². The Bertz CT molecular complexity index is 833. The molecule has 0 radical (unpaired) electrons. The standard InChI is InChI=1S/C21H20FN3O/c22-18-8-6-16(7-9-18)12-13-23-20-11-10-19(15-24-20)25-21(26)14-17-4-2-1-3-5-17/h1-11,15H,12-14H2,(H,23,24)(H,25,26). The third-order valence-electron chi connectivity index (χ3n) is 3.89. The van der Waals surface area contributed by atoms with Crippen LogP contribution in [0.25, 0.3) is 0 Å². The molecule has 1 heterocycles. The van der Waals surface area contributed by atoms with Crippen molar-refractivity contribution in [2.75, 3.05) is 17.2 Å². The molecule has 0 fully saturated rings. The lowest BCUT2D eigenvalue weighted by atomic mass is 10.1. The van der Waals surface area contributed by atoms with Gasteiger partial charge in [0.2, 0.25) is 5.91 Å². The first-order chi connectivity index (χ1) is 12.7. The van der Waals surface area contributed by atoms with E-state index in [2.05, 4.69) is 15.6 Å². The van der Waals surface area contributed by atoms with Gasteiger partial charge in [-0.1, -0.05) is 42.5 Å². The highest BCUT2D eigenvalue weighted by Gasteiger charge is 2.04. The highest BCUT2D eigenvalue weighted by Crippen LogP contribution is 2.11. The highest BCUT2D eigenvalue weighted by atomic mass is 19.1. The van der Waals surface area contributed by atoms with Crippen LogP contribution in [0.1, 0.15) is 11.1 Å². The number of amides is 1. The van der Waals surface area contributed by atoms with Gasteiger partial charge in [0.1, 0.15) is 11.6 Å². The number of carbonyl (C=O) groups excluding carboxylic acids is 1. The first-order valence-corrected chi connectivity index (χ1v) is 8.47. The Labute approximate surface area is 152 Å². The van der Waals surface area contributed by atoms with Crippen molar-refractivity contribution in [3.8, 4) is 0 Å². The van der Waals surface area contributed by atoms with E-state index in [4.69, 9.17) is 0 Å². The quantitative estimate of drug-likeness (QED) is 0.676. The molecule has 4 nitrogen and oxygen atoms in total. The van der Waals surface area contributed by atoms with Gasteiger partial charge in [-0.3, -0.25) is 4.79 Å². The zero-order chi connectivity index (χ0) is 18.2. The van der Waals surface area contributed by atoms with Gasteiger partial charge in [0.05, 0.1) is 18.3 Å². The summed E-state index contributed by atoms with van der Waals surface area (Å²) in [5.74, 6) is 0.427. The van der Waals surface area contributed by atoms with Crippen molar-refractivity contribution < 1.29 is 9.18 Å². The van der Waals surface area contributed by atoms with Crippen molar-refractivity contribution >= 4 is 17.4 Å². The number of pyridine rings is 1. The molecule has 0 atom stereocenters. The Morgan fingerprint density at radius 3 is 2.38 bits per heavy atom. The molecule has 0 aliphatic rings. The normalized spacial score (nSPS) is 10.3. The molecule has 3 aromatic rings. The molecular formula is C21H20FN3O. The highest BCUT2D eigenvalue weighted by molar-refractivity contribution is 5.92. The van der Waals surface area contributed by atoms with E-state index in [0.717, 1.165) is 23.4 Å². The molecule has 5 heteroatoms. The molecule has 132 valence electrons. The third kappa shape index (κ3) is 5.41. The van der Waals surface area contributed by atoms with Crippen LogP contribution in [0.15, 0.2) is 72.9 Å². The van der Waals surface area contributed by atoms with Crippen LogP contribution in [-0.4, -0.2) is 17.4 Å². The van der Waals surface area contributed by atoms with Crippen molar-refractivity contribution in [1.82, 2.24) is 4.98 Å². The monoisotopic (exact) mass is 349 g/mol. The topological polar surface area (TPSA) is 54.0 Å². The summed E-state index contributed by atoms with van der Waals surface area (Å²) in [5, 5.41) is 6.05. The number of hydrogen-bond acceptors (Lipinski definition) is 3. The van der Waals surface area contributed by atoms with Gasteiger partial charge >= 0.3 is 0 Å². The smallest absolute Gasteiger partial charge is 0.228 e. The minimum absolute atomic E-state index is 0.0741. The van der Waals surface area contributed by atoms with Crippen LogP contribution in [0.3, 0.4) is 0 Å². The van der Waals surface area contributed by atoms with Crippen LogP contribution in [0.4, 0.5) is 15.9 Å². The van der Waals surface area contributed by atoms with Gasteiger partial charge in [-0.15, -0.1) is 0 Å². The Hall–Kier alpha value is -3.21. The van der Waals surface area contributed by atoms with Crippen molar-refractivity contribution in [2.45, 2.75) is 12.8 Å². The number of rotatable bonds is 7. The molecule has 1 aromatic heterocycles. The maximum absolute atomic E-state index is 12.9. The van der Waals surface area contributed by atoms with E-state index in [-0.39, 0.29) is 11.7 Å². The number of nitrogens with zero attached hydrogens (tertiary/aromatic N) is 1. The molecule has 0 aliphatic carbocycles. The van der Waals surface area contributed by atoms with E-state index in [1.807, 2.05) is 42.5 Å². The molecule has 3 rings (SSSR count). The van der Waals surface area contributed by atoms with Crippen molar-refractivity contribution in [2.24, 2.45) is 0 Å². The Morgan fingerprint density at radius 1 is 0.923 bits per heavy atom. The molecule has 0 bridgehead atoms. The number of hydrogen-bond donors (Lipinski definition) is 2. The molecule has 26 heavy (non-hydrogen) atoms. The minimum Gasteiger partial charge on any atom is -0.370 e. The van der Waals surface area contributed by atoms with Crippen LogP contribution in [0.2, 0.25) is 0 Å². The summed E-state index contributed by atoms with van der Waals surface area (Å²) < 4.78 is 12.9. The van der Waals surface area contributed by atoms with Gasteiger partial charge < -0.3 is 10.6 Å². The van der Waals surface area contributed by atoms with Crippen molar-refractivity contribution in [3.05, 3.63) is 89.9 Å². The van der Waals surface area contributed by atoms with Crippen LogP contribution in [0.5, 0.6) is 0 Å². The number of benzene rings is 2. The average Bonchev–Trinajstić information content (AvgIpc) is 2.65. The van der Waals surface area contributed by atoms with Crippen molar-refractivity contribution in [3.63, 3.8) is 0 Å². The zero-order valence-electron chi connectivity index (χ0n) is 14.3. The molecule has 0 unspecified atom stereocenters. The van der Waals surface area contributed by atoms with Crippen molar-refractivity contribution in [1.29, 1.82) is 0 Å². The third-order valence-corrected chi connectivity index (χ3v) is 3.89. The van der Waals surface area contributed by atoms with Gasteiger partial charge in [0, 0.05) is 6.54 Å². The molecule has 2 N–H and O–H groups in total. The second-order valence-corrected chi connectivity index (χ2v) is 5.95. The lowest BCUT2D eigenvalue weighted by Gasteiger charge is -2.08. The summed E-state index contributed by atoms with van der Waals surface area (Å²) in [7, 11) is 0. The Balaban J connectivity index is 1.45. The fraction of sp³-hybridized carbons (Fsp3) is 0.143. The predicted octanol–water partition coefficient (Wildman–Crippen LogP) is 4.06. The van der Waals surface area contributed by atoms with Gasteiger partial charge in [-0.25, -0.2) is 9.37 Å². The number of aromatic nitrogens is 1. The first-order valence-electron chi connectivity index (χ1n) is 8.47. The fourth-order valence-electron chi connectivity index (χ4n) is 2.54. The Kier molecular flexibility index (Phi) is 5.93. The van der Waals surface area contributed by atoms with Crippen LogP contribution >= 0.6 is 0 Å². The molecule has 2 aromatic carbocycles. The van der Waals surface area contributed by atoms with E-state index in [0.29, 0.717) is 18.7 Å². The second kappa shape index (κ2) is 8.76. The number of halogens is 1.